The monoisotopic (exact) mass is 331 g/mol. The van der Waals surface area contributed by atoms with E-state index >= 15 is 0 Å². The first-order valence-corrected chi connectivity index (χ1v) is 10.1. The van der Waals surface area contributed by atoms with Crippen LogP contribution in [0.4, 0.5) is 0 Å². The molecule has 0 aliphatic carbocycles. The lowest BCUT2D eigenvalue weighted by Gasteiger charge is -2.41. The van der Waals surface area contributed by atoms with E-state index in [2.05, 4.69) is 49.2 Å². The number of hydrogen-bond acceptors (Lipinski definition) is 2. The van der Waals surface area contributed by atoms with Crippen molar-refractivity contribution >= 4 is 0 Å². The van der Waals surface area contributed by atoms with E-state index in [4.69, 9.17) is 0 Å². The first-order valence-electron chi connectivity index (χ1n) is 10.1. The van der Waals surface area contributed by atoms with Crippen LogP contribution in [0, 0.1) is 0 Å². The summed E-state index contributed by atoms with van der Waals surface area (Å²) in [6.45, 7) is 2.16. The van der Waals surface area contributed by atoms with E-state index in [9.17, 15) is 5.11 Å². The molecule has 1 aliphatic rings. The summed E-state index contributed by atoms with van der Waals surface area (Å²) in [6.07, 6.45) is 14.2. The highest BCUT2D eigenvalue weighted by molar-refractivity contribution is 5.14. The Morgan fingerprint density at radius 2 is 1.54 bits per heavy atom. The molecule has 0 bridgehead atoms. The number of aryl methyl sites for hydroxylation is 1. The highest BCUT2D eigenvalue weighted by atomic mass is 16.3. The molecule has 0 amide bonds. The fourth-order valence-corrected chi connectivity index (χ4v) is 4.00. The third-order valence-electron chi connectivity index (χ3n) is 5.92. The van der Waals surface area contributed by atoms with Gasteiger partial charge in [-0.25, -0.2) is 0 Å². The summed E-state index contributed by atoms with van der Waals surface area (Å²) in [5.74, 6) is 0. The van der Waals surface area contributed by atoms with Gasteiger partial charge in [-0.15, -0.1) is 0 Å². The minimum absolute atomic E-state index is 0.123. The summed E-state index contributed by atoms with van der Waals surface area (Å²) >= 11 is 0. The molecule has 2 nitrogen and oxygen atoms in total. The van der Waals surface area contributed by atoms with Crippen LogP contribution in [0.2, 0.25) is 0 Å². The Bertz CT molecular complexity index is 433. The Kier molecular flexibility index (Phi) is 8.83. The van der Waals surface area contributed by atoms with Gasteiger partial charge in [0.2, 0.25) is 0 Å². The maximum absolute atomic E-state index is 9.91. The van der Waals surface area contributed by atoms with E-state index in [1.54, 1.807) is 0 Å². The van der Waals surface area contributed by atoms with E-state index in [0.29, 0.717) is 12.1 Å². The molecule has 1 aromatic rings. The normalized spacial score (nSPS) is 25.0. The van der Waals surface area contributed by atoms with Crippen LogP contribution in [0.3, 0.4) is 0 Å². The number of likely N-dealkylation sites (N-methyl/N-ethyl adjacent to an activating group) is 1. The number of piperidine rings is 1. The van der Waals surface area contributed by atoms with Crippen molar-refractivity contribution in [3.8, 4) is 0 Å². The van der Waals surface area contributed by atoms with Crippen molar-refractivity contribution in [1.82, 2.24) is 4.90 Å². The van der Waals surface area contributed by atoms with E-state index in [1.807, 2.05) is 0 Å². The van der Waals surface area contributed by atoms with Crippen molar-refractivity contribution in [2.24, 2.45) is 0 Å². The SMILES string of the molecule is C[C@H]1[C@H](O)CC[C@@H](CCCCCCCCCc2ccccc2)N1C. The number of benzene rings is 1. The zero-order chi connectivity index (χ0) is 17.2. The fraction of sp³-hybridized carbons (Fsp3) is 0.727. The predicted octanol–water partition coefficient (Wildman–Crippen LogP) is 5.19. The highest BCUT2D eigenvalue weighted by Crippen LogP contribution is 2.25. The van der Waals surface area contributed by atoms with Crippen LogP contribution in [-0.2, 0) is 6.42 Å². The molecule has 2 rings (SSSR count). The molecule has 3 atom stereocenters. The van der Waals surface area contributed by atoms with E-state index < -0.39 is 0 Å². The Morgan fingerprint density at radius 3 is 2.25 bits per heavy atom. The molecule has 1 heterocycles. The maximum atomic E-state index is 9.91. The molecule has 0 spiro atoms. The molecule has 1 aromatic carbocycles. The van der Waals surface area contributed by atoms with Gasteiger partial charge in [0, 0.05) is 12.1 Å². The number of aliphatic hydroxyl groups excluding tert-OH is 1. The summed E-state index contributed by atoms with van der Waals surface area (Å²) in [4.78, 5) is 2.40. The number of hydrogen-bond donors (Lipinski definition) is 1. The zero-order valence-corrected chi connectivity index (χ0v) is 15.8. The van der Waals surface area contributed by atoms with E-state index in [-0.39, 0.29) is 6.10 Å². The van der Waals surface area contributed by atoms with Crippen LogP contribution < -0.4 is 0 Å². The van der Waals surface area contributed by atoms with Gasteiger partial charge in [-0.05, 0) is 51.6 Å². The number of nitrogens with zero attached hydrogens (tertiary/aromatic N) is 1. The smallest absolute Gasteiger partial charge is 0.0693 e. The number of likely N-dealkylation sites (tertiary alicyclic amines) is 1. The standard InChI is InChI=1S/C22H37NO/c1-19-22(24)18-17-21(23(19)2)16-12-7-5-3-4-6-9-13-20-14-10-8-11-15-20/h8,10-11,14-15,19,21-22,24H,3-7,9,12-13,16-18H2,1-2H3/t19-,21+,22+/m0/s1. The predicted molar refractivity (Wildman–Crippen MR) is 103 cm³/mol. The largest absolute Gasteiger partial charge is 0.392 e. The van der Waals surface area contributed by atoms with Crippen molar-refractivity contribution in [3.63, 3.8) is 0 Å². The first kappa shape index (κ1) is 19.5. The average Bonchev–Trinajstić information content (AvgIpc) is 2.61. The van der Waals surface area contributed by atoms with Crippen LogP contribution in [0.25, 0.3) is 0 Å². The molecule has 1 aliphatic heterocycles. The van der Waals surface area contributed by atoms with Gasteiger partial charge in [0.15, 0.2) is 0 Å². The lowest BCUT2D eigenvalue weighted by atomic mass is 9.91. The van der Waals surface area contributed by atoms with Gasteiger partial charge in [0.1, 0.15) is 0 Å². The highest BCUT2D eigenvalue weighted by Gasteiger charge is 2.30. The van der Waals surface area contributed by atoms with Gasteiger partial charge in [-0.3, -0.25) is 4.90 Å². The Hall–Kier alpha value is -0.860. The third-order valence-corrected chi connectivity index (χ3v) is 5.92. The minimum atomic E-state index is -0.123. The fourth-order valence-electron chi connectivity index (χ4n) is 4.00. The van der Waals surface area contributed by atoms with Gasteiger partial charge in [-0.2, -0.15) is 0 Å². The molecular weight excluding hydrogens is 294 g/mol. The number of rotatable bonds is 10. The molecule has 1 N–H and O–H groups in total. The second-order valence-corrected chi connectivity index (χ2v) is 7.70. The molecule has 2 heteroatoms. The van der Waals surface area contributed by atoms with Crippen LogP contribution >= 0.6 is 0 Å². The van der Waals surface area contributed by atoms with Gasteiger partial charge in [-0.1, -0.05) is 68.9 Å². The molecule has 136 valence electrons. The van der Waals surface area contributed by atoms with Crippen molar-refractivity contribution in [1.29, 1.82) is 0 Å². The zero-order valence-electron chi connectivity index (χ0n) is 15.8. The molecule has 0 aromatic heterocycles. The van der Waals surface area contributed by atoms with E-state index in [1.165, 1.54) is 69.8 Å². The molecular formula is C22H37NO. The molecule has 1 fully saturated rings. The van der Waals surface area contributed by atoms with Gasteiger partial charge < -0.3 is 5.11 Å². The molecule has 0 unspecified atom stereocenters. The van der Waals surface area contributed by atoms with Crippen molar-refractivity contribution in [3.05, 3.63) is 35.9 Å². The van der Waals surface area contributed by atoms with Gasteiger partial charge in [0.05, 0.1) is 6.10 Å². The maximum Gasteiger partial charge on any atom is 0.0693 e. The number of unbranched alkanes of at least 4 members (excludes halogenated alkanes) is 6. The Balaban J connectivity index is 1.43. The van der Waals surface area contributed by atoms with Crippen molar-refractivity contribution in [2.45, 2.75) is 95.7 Å². The van der Waals surface area contributed by atoms with E-state index in [0.717, 1.165) is 6.42 Å². The van der Waals surface area contributed by atoms with Crippen LogP contribution in [0.5, 0.6) is 0 Å². The summed E-state index contributed by atoms with van der Waals surface area (Å²) in [6, 6.07) is 11.9. The second kappa shape index (κ2) is 10.9. The van der Waals surface area contributed by atoms with Crippen molar-refractivity contribution < 1.29 is 5.11 Å². The molecule has 1 saturated heterocycles. The summed E-state index contributed by atoms with van der Waals surface area (Å²) < 4.78 is 0. The lowest BCUT2D eigenvalue weighted by Crippen LogP contribution is -2.49. The average molecular weight is 332 g/mol. The molecule has 0 radical (unpaired) electrons. The summed E-state index contributed by atoms with van der Waals surface area (Å²) in [5.41, 5.74) is 1.48. The Labute approximate surface area is 149 Å². The third kappa shape index (κ3) is 6.57. The van der Waals surface area contributed by atoms with Crippen LogP contribution in [-0.4, -0.2) is 35.2 Å². The van der Waals surface area contributed by atoms with Crippen LogP contribution in [0.1, 0.15) is 76.7 Å². The molecule has 24 heavy (non-hydrogen) atoms. The summed E-state index contributed by atoms with van der Waals surface area (Å²) in [5, 5.41) is 9.91. The quantitative estimate of drug-likeness (QED) is 0.596. The molecule has 0 saturated carbocycles. The second-order valence-electron chi connectivity index (χ2n) is 7.70. The van der Waals surface area contributed by atoms with Gasteiger partial charge >= 0.3 is 0 Å². The van der Waals surface area contributed by atoms with Crippen LogP contribution in [0.15, 0.2) is 30.3 Å². The topological polar surface area (TPSA) is 23.5 Å². The van der Waals surface area contributed by atoms with Crippen molar-refractivity contribution in [2.75, 3.05) is 7.05 Å². The van der Waals surface area contributed by atoms with Gasteiger partial charge in [0.25, 0.3) is 0 Å². The summed E-state index contributed by atoms with van der Waals surface area (Å²) in [7, 11) is 2.18. The lowest BCUT2D eigenvalue weighted by molar-refractivity contribution is -0.000732. The minimum Gasteiger partial charge on any atom is -0.392 e. The Morgan fingerprint density at radius 1 is 0.917 bits per heavy atom. The first-order chi connectivity index (χ1) is 11.7. The number of aliphatic hydroxyl groups is 1.